The van der Waals surface area contributed by atoms with Crippen LogP contribution >= 0.6 is 11.6 Å². The number of carbonyl (C=O) groups is 1. The molecule has 23 heavy (non-hydrogen) atoms. The molecule has 0 spiro atoms. The summed E-state index contributed by atoms with van der Waals surface area (Å²) in [6.45, 7) is 2.27. The Labute approximate surface area is 138 Å². The Kier molecular flexibility index (Phi) is 4.16. The van der Waals surface area contributed by atoms with Crippen molar-refractivity contribution in [3.8, 4) is 5.88 Å². The maximum absolute atomic E-state index is 12.5. The van der Waals surface area contributed by atoms with Crippen LogP contribution in [0.15, 0.2) is 36.5 Å². The molecule has 0 unspecified atom stereocenters. The highest BCUT2D eigenvalue weighted by Gasteiger charge is 2.17. The fourth-order valence-electron chi connectivity index (χ4n) is 2.32. The molecule has 0 aliphatic carbocycles. The maximum atomic E-state index is 12.5. The summed E-state index contributed by atoms with van der Waals surface area (Å²) in [5, 5.41) is 3.35. The molecule has 118 valence electrons. The lowest BCUT2D eigenvalue weighted by molar-refractivity contribution is 0.102. The van der Waals surface area contributed by atoms with E-state index in [4.69, 9.17) is 16.3 Å². The third kappa shape index (κ3) is 2.85. The normalized spacial score (nSPS) is 10.7. The lowest BCUT2D eigenvalue weighted by Crippen LogP contribution is -2.16. The summed E-state index contributed by atoms with van der Waals surface area (Å²) in [6.07, 6.45) is 1.58. The van der Waals surface area contributed by atoms with Crippen molar-refractivity contribution in [2.45, 2.75) is 6.92 Å². The molecule has 0 aliphatic rings. The van der Waals surface area contributed by atoms with Crippen LogP contribution in [-0.4, -0.2) is 27.0 Å². The summed E-state index contributed by atoms with van der Waals surface area (Å²) in [6, 6.07) is 8.78. The fraction of sp³-hybridized carbons (Fsp3) is 0.188. The number of rotatable bonds is 4. The number of anilines is 1. The highest BCUT2D eigenvalue weighted by Crippen LogP contribution is 2.26. The van der Waals surface area contributed by atoms with Crippen molar-refractivity contribution in [3.63, 3.8) is 0 Å². The predicted octanol–water partition coefficient (Wildman–Crippen LogP) is 3.27. The zero-order valence-electron chi connectivity index (χ0n) is 12.7. The van der Waals surface area contributed by atoms with Crippen LogP contribution in [0.25, 0.3) is 11.0 Å². The van der Waals surface area contributed by atoms with E-state index in [9.17, 15) is 4.79 Å². The molecule has 0 saturated carbocycles. The second kappa shape index (κ2) is 6.26. The zero-order valence-corrected chi connectivity index (χ0v) is 13.5. The molecule has 7 heteroatoms. The number of pyridine rings is 1. The lowest BCUT2D eigenvalue weighted by Gasteiger charge is -2.09. The minimum Gasteiger partial charge on any atom is -0.477 e. The highest BCUT2D eigenvalue weighted by atomic mass is 35.5. The van der Waals surface area contributed by atoms with Gasteiger partial charge in [0.2, 0.25) is 11.8 Å². The molecule has 0 radical (unpaired) electrons. The SMILES string of the molecule is CCOc1ncccc1C(=O)Nc1nc2cccc(Cl)c2n1C. The number of nitrogens with one attached hydrogen (secondary N) is 1. The van der Waals surface area contributed by atoms with Gasteiger partial charge in [0, 0.05) is 13.2 Å². The van der Waals surface area contributed by atoms with Gasteiger partial charge in [0.15, 0.2) is 0 Å². The van der Waals surface area contributed by atoms with Gasteiger partial charge in [0.05, 0.1) is 22.7 Å². The van der Waals surface area contributed by atoms with Gasteiger partial charge in [0.1, 0.15) is 5.56 Å². The first kappa shape index (κ1) is 15.3. The molecule has 2 aromatic heterocycles. The number of hydrogen-bond acceptors (Lipinski definition) is 4. The molecular weight excluding hydrogens is 316 g/mol. The van der Waals surface area contributed by atoms with Crippen LogP contribution in [-0.2, 0) is 7.05 Å². The molecule has 1 amide bonds. The Hall–Kier alpha value is -2.60. The van der Waals surface area contributed by atoms with Gasteiger partial charge in [-0.05, 0) is 31.2 Å². The van der Waals surface area contributed by atoms with Gasteiger partial charge < -0.3 is 9.30 Å². The summed E-state index contributed by atoms with van der Waals surface area (Å²) in [4.78, 5) is 21.0. The monoisotopic (exact) mass is 330 g/mol. The van der Waals surface area contributed by atoms with E-state index in [1.165, 1.54) is 0 Å². The summed E-state index contributed by atoms with van der Waals surface area (Å²) in [5.74, 6) is 0.366. The minimum absolute atomic E-state index is 0.296. The molecule has 3 rings (SSSR count). The van der Waals surface area contributed by atoms with E-state index in [1.54, 1.807) is 36.0 Å². The van der Waals surface area contributed by atoms with Crippen LogP contribution in [0.5, 0.6) is 5.88 Å². The van der Waals surface area contributed by atoms with Gasteiger partial charge in [-0.3, -0.25) is 10.1 Å². The third-order valence-electron chi connectivity index (χ3n) is 3.37. The van der Waals surface area contributed by atoms with Crippen molar-refractivity contribution in [3.05, 3.63) is 47.1 Å². The number of benzene rings is 1. The molecule has 0 atom stereocenters. The fourth-order valence-corrected chi connectivity index (χ4v) is 2.61. The van der Waals surface area contributed by atoms with Crippen molar-refractivity contribution in [1.29, 1.82) is 0 Å². The molecule has 2 heterocycles. The number of carbonyl (C=O) groups excluding carboxylic acids is 1. The Morgan fingerprint density at radius 2 is 2.17 bits per heavy atom. The molecule has 1 aromatic carbocycles. The Balaban J connectivity index is 1.95. The summed E-state index contributed by atoms with van der Waals surface area (Å²) < 4.78 is 7.13. The molecule has 3 aromatic rings. The van der Waals surface area contributed by atoms with E-state index in [0.717, 1.165) is 5.52 Å². The van der Waals surface area contributed by atoms with E-state index in [1.807, 2.05) is 19.1 Å². The van der Waals surface area contributed by atoms with Crippen molar-refractivity contribution in [2.75, 3.05) is 11.9 Å². The number of hydrogen-bond donors (Lipinski definition) is 1. The number of halogens is 1. The van der Waals surface area contributed by atoms with E-state index in [0.29, 0.717) is 34.5 Å². The van der Waals surface area contributed by atoms with E-state index in [2.05, 4.69) is 15.3 Å². The number of ether oxygens (including phenoxy) is 1. The first-order valence-electron chi connectivity index (χ1n) is 7.12. The van der Waals surface area contributed by atoms with Crippen LogP contribution < -0.4 is 10.1 Å². The van der Waals surface area contributed by atoms with Crippen molar-refractivity contribution in [1.82, 2.24) is 14.5 Å². The number of fused-ring (bicyclic) bond motifs is 1. The van der Waals surface area contributed by atoms with Gasteiger partial charge >= 0.3 is 0 Å². The van der Waals surface area contributed by atoms with Gasteiger partial charge in [-0.1, -0.05) is 17.7 Å². The third-order valence-corrected chi connectivity index (χ3v) is 3.67. The smallest absolute Gasteiger partial charge is 0.263 e. The first-order valence-corrected chi connectivity index (χ1v) is 7.49. The Bertz CT molecular complexity index is 876. The Morgan fingerprint density at radius 1 is 1.35 bits per heavy atom. The quantitative estimate of drug-likeness (QED) is 0.797. The summed E-state index contributed by atoms with van der Waals surface area (Å²) in [5.41, 5.74) is 1.83. The number of nitrogens with zero attached hydrogens (tertiary/aromatic N) is 3. The number of aromatic nitrogens is 3. The standard InChI is InChI=1S/C16H15ClN4O2/c1-3-23-15-10(6-5-9-18-15)14(22)20-16-19-12-8-4-7-11(17)13(12)21(16)2/h4-9H,3H2,1-2H3,(H,19,20,22). The summed E-state index contributed by atoms with van der Waals surface area (Å²) >= 11 is 6.19. The zero-order chi connectivity index (χ0) is 16.4. The average Bonchev–Trinajstić information content (AvgIpc) is 2.85. The Morgan fingerprint density at radius 3 is 2.91 bits per heavy atom. The number of para-hydroxylation sites is 1. The lowest BCUT2D eigenvalue weighted by atomic mass is 10.2. The second-order valence-corrected chi connectivity index (χ2v) is 5.25. The average molecular weight is 331 g/mol. The second-order valence-electron chi connectivity index (χ2n) is 4.85. The molecule has 1 N–H and O–H groups in total. The van der Waals surface area contributed by atoms with Gasteiger partial charge in [-0.25, -0.2) is 9.97 Å². The molecule has 0 fully saturated rings. The molecular formula is C16H15ClN4O2. The van der Waals surface area contributed by atoms with Crippen LogP contribution in [0.3, 0.4) is 0 Å². The molecule has 6 nitrogen and oxygen atoms in total. The number of imidazole rings is 1. The highest BCUT2D eigenvalue weighted by molar-refractivity contribution is 6.35. The number of amides is 1. The topological polar surface area (TPSA) is 69.0 Å². The van der Waals surface area contributed by atoms with Gasteiger partial charge in [0.25, 0.3) is 5.91 Å². The van der Waals surface area contributed by atoms with Crippen molar-refractivity contribution in [2.24, 2.45) is 7.05 Å². The van der Waals surface area contributed by atoms with Crippen molar-refractivity contribution >= 4 is 34.5 Å². The molecule has 0 saturated heterocycles. The van der Waals surface area contributed by atoms with Crippen LogP contribution in [0.1, 0.15) is 17.3 Å². The van der Waals surface area contributed by atoms with Crippen LogP contribution in [0, 0.1) is 0 Å². The van der Waals surface area contributed by atoms with Crippen molar-refractivity contribution < 1.29 is 9.53 Å². The predicted molar refractivity (Wildman–Crippen MR) is 89.1 cm³/mol. The van der Waals surface area contributed by atoms with Gasteiger partial charge in [-0.15, -0.1) is 0 Å². The van der Waals surface area contributed by atoms with E-state index >= 15 is 0 Å². The van der Waals surface area contributed by atoms with E-state index in [-0.39, 0.29) is 5.91 Å². The first-order chi connectivity index (χ1) is 11.1. The number of aryl methyl sites for hydroxylation is 1. The van der Waals surface area contributed by atoms with Crippen LogP contribution in [0.2, 0.25) is 5.02 Å². The molecule has 0 aliphatic heterocycles. The van der Waals surface area contributed by atoms with Gasteiger partial charge in [-0.2, -0.15) is 0 Å². The molecule has 0 bridgehead atoms. The minimum atomic E-state index is -0.337. The maximum Gasteiger partial charge on any atom is 0.263 e. The van der Waals surface area contributed by atoms with Crippen LogP contribution in [0.4, 0.5) is 5.95 Å². The summed E-state index contributed by atoms with van der Waals surface area (Å²) in [7, 11) is 1.80. The largest absolute Gasteiger partial charge is 0.477 e. The van der Waals surface area contributed by atoms with E-state index < -0.39 is 0 Å².